The summed E-state index contributed by atoms with van der Waals surface area (Å²) in [5.74, 6) is 2.74. The third kappa shape index (κ3) is 2.95. The zero-order valence-electron chi connectivity index (χ0n) is 6.54. The van der Waals surface area contributed by atoms with Gasteiger partial charge in [-0.05, 0) is 6.92 Å². The van der Waals surface area contributed by atoms with Crippen molar-refractivity contribution in [2.75, 3.05) is 12.3 Å². The van der Waals surface area contributed by atoms with Gasteiger partial charge in [-0.1, -0.05) is 5.16 Å². The van der Waals surface area contributed by atoms with Crippen molar-refractivity contribution in [3.05, 3.63) is 17.5 Å². The number of hydrogen-bond acceptors (Lipinski definition) is 4. The number of nitrogens with zero attached hydrogens (tertiary/aromatic N) is 1. The highest BCUT2D eigenvalue weighted by Gasteiger charge is 1.98. The topological polar surface area (TPSA) is 52.0 Å². The van der Waals surface area contributed by atoms with Gasteiger partial charge in [0.05, 0.1) is 5.69 Å². The molecule has 11 heavy (non-hydrogen) atoms. The lowest BCUT2D eigenvalue weighted by molar-refractivity contribution is 0.393. The van der Waals surface area contributed by atoms with Crippen LogP contribution in [-0.4, -0.2) is 17.5 Å². The molecule has 4 heteroatoms. The van der Waals surface area contributed by atoms with Crippen LogP contribution < -0.4 is 5.73 Å². The molecule has 0 amide bonds. The summed E-state index contributed by atoms with van der Waals surface area (Å²) in [6.45, 7) is 2.62. The maximum Gasteiger partial charge on any atom is 0.133 e. The van der Waals surface area contributed by atoms with Gasteiger partial charge in [-0.25, -0.2) is 0 Å². The van der Waals surface area contributed by atoms with Gasteiger partial charge in [0, 0.05) is 24.1 Å². The Morgan fingerprint density at radius 3 is 3.09 bits per heavy atom. The van der Waals surface area contributed by atoms with Gasteiger partial charge < -0.3 is 10.3 Å². The van der Waals surface area contributed by atoms with Crippen molar-refractivity contribution >= 4 is 11.8 Å². The third-order valence-electron chi connectivity index (χ3n) is 1.19. The van der Waals surface area contributed by atoms with Gasteiger partial charge in [0.1, 0.15) is 5.76 Å². The van der Waals surface area contributed by atoms with Gasteiger partial charge in [0.15, 0.2) is 0 Å². The lowest BCUT2D eigenvalue weighted by Gasteiger charge is -1.92. The van der Waals surface area contributed by atoms with Crippen molar-refractivity contribution in [2.45, 2.75) is 12.7 Å². The van der Waals surface area contributed by atoms with Crippen molar-refractivity contribution in [3.63, 3.8) is 0 Å². The first-order valence-corrected chi connectivity index (χ1v) is 4.68. The summed E-state index contributed by atoms with van der Waals surface area (Å²) in [5.41, 5.74) is 6.33. The van der Waals surface area contributed by atoms with Crippen LogP contribution in [0.5, 0.6) is 0 Å². The molecule has 0 radical (unpaired) electrons. The Bertz CT molecular complexity index is 212. The van der Waals surface area contributed by atoms with E-state index >= 15 is 0 Å². The van der Waals surface area contributed by atoms with E-state index in [1.54, 1.807) is 11.8 Å². The van der Waals surface area contributed by atoms with Crippen molar-refractivity contribution < 1.29 is 4.52 Å². The minimum atomic E-state index is 0.724. The second-order valence-corrected chi connectivity index (χ2v) is 3.38. The minimum Gasteiger partial charge on any atom is -0.361 e. The van der Waals surface area contributed by atoms with Crippen LogP contribution in [0.2, 0.25) is 0 Å². The predicted octanol–water partition coefficient (Wildman–Crippen LogP) is 1.17. The average molecular weight is 172 g/mol. The third-order valence-corrected chi connectivity index (χ3v) is 2.21. The van der Waals surface area contributed by atoms with E-state index in [1.807, 2.05) is 13.0 Å². The lowest BCUT2D eigenvalue weighted by Crippen LogP contribution is -2.01. The van der Waals surface area contributed by atoms with Crippen LogP contribution in [0.1, 0.15) is 11.5 Å². The average Bonchev–Trinajstić information content (AvgIpc) is 2.37. The number of hydrogen-bond donors (Lipinski definition) is 1. The monoisotopic (exact) mass is 172 g/mol. The van der Waals surface area contributed by atoms with E-state index < -0.39 is 0 Å². The standard InChI is InChI=1S/C7H12N2OS/c1-6-4-7(9-10-6)5-11-3-2-8/h4H,2-3,5,8H2,1H3. The minimum absolute atomic E-state index is 0.724. The van der Waals surface area contributed by atoms with E-state index in [2.05, 4.69) is 5.16 Å². The van der Waals surface area contributed by atoms with E-state index in [0.29, 0.717) is 0 Å². The predicted molar refractivity (Wildman–Crippen MR) is 46.5 cm³/mol. The van der Waals surface area contributed by atoms with Crippen LogP contribution in [0.15, 0.2) is 10.6 Å². The Hall–Kier alpha value is -0.480. The Balaban J connectivity index is 2.27. The molecule has 0 saturated heterocycles. The van der Waals surface area contributed by atoms with E-state index in [0.717, 1.165) is 29.5 Å². The van der Waals surface area contributed by atoms with E-state index in [1.165, 1.54) is 0 Å². The molecule has 3 nitrogen and oxygen atoms in total. The van der Waals surface area contributed by atoms with E-state index in [4.69, 9.17) is 10.3 Å². The van der Waals surface area contributed by atoms with Crippen molar-refractivity contribution in [1.82, 2.24) is 5.16 Å². The summed E-state index contributed by atoms with van der Waals surface area (Å²) in [6.07, 6.45) is 0. The summed E-state index contributed by atoms with van der Waals surface area (Å²) in [7, 11) is 0. The molecule has 0 aromatic carbocycles. The summed E-state index contributed by atoms with van der Waals surface area (Å²) in [5, 5.41) is 3.85. The first-order valence-electron chi connectivity index (χ1n) is 3.53. The van der Waals surface area contributed by atoms with Crippen LogP contribution in [0.3, 0.4) is 0 Å². The summed E-state index contributed by atoms with van der Waals surface area (Å²) < 4.78 is 4.90. The Morgan fingerprint density at radius 2 is 2.55 bits per heavy atom. The molecular weight excluding hydrogens is 160 g/mol. The first kappa shape index (κ1) is 8.62. The van der Waals surface area contributed by atoms with Gasteiger partial charge in [-0.15, -0.1) is 0 Å². The largest absolute Gasteiger partial charge is 0.361 e. The van der Waals surface area contributed by atoms with Gasteiger partial charge in [-0.2, -0.15) is 11.8 Å². The SMILES string of the molecule is Cc1cc(CSCCN)no1. The second-order valence-electron chi connectivity index (χ2n) is 2.27. The van der Waals surface area contributed by atoms with Crippen LogP contribution >= 0.6 is 11.8 Å². The Labute approximate surface area is 70.3 Å². The molecule has 2 N–H and O–H groups in total. The zero-order valence-corrected chi connectivity index (χ0v) is 7.36. The van der Waals surface area contributed by atoms with Crippen LogP contribution in [0, 0.1) is 6.92 Å². The number of thioether (sulfide) groups is 1. The highest BCUT2D eigenvalue weighted by atomic mass is 32.2. The molecule has 0 aliphatic rings. The molecule has 1 aromatic heterocycles. The highest BCUT2D eigenvalue weighted by molar-refractivity contribution is 7.98. The van der Waals surface area contributed by atoms with Crippen LogP contribution in [-0.2, 0) is 5.75 Å². The lowest BCUT2D eigenvalue weighted by atomic mass is 10.4. The van der Waals surface area contributed by atoms with Crippen molar-refractivity contribution in [1.29, 1.82) is 0 Å². The maximum atomic E-state index is 5.33. The van der Waals surface area contributed by atoms with E-state index in [-0.39, 0.29) is 0 Å². The summed E-state index contributed by atoms with van der Waals surface area (Å²) in [4.78, 5) is 0. The van der Waals surface area contributed by atoms with Crippen molar-refractivity contribution in [3.8, 4) is 0 Å². The molecule has 0 unspecified atom stereocenters. The van der Waals surface area contributed by atoms with Crippen LogP contribution in [0.4, 0.5) is 0 Å². The number of aryl methyl sites for hydroxylation is 1. The van der Waals surface area contributed by atoms with Crippen molar-refractivity contribution in [2.24, 2.45) is 5.73 Å². The fourth-order valence-electron chi connectivity index (χ4n) is 0.746. The van der Waals surface area contributed by atoms with Gasteiger partial charge in [0.25, 0.3) is 0 Å². The molecule has 0 saturated carbocycles. The normalized spacial score (nSPS) is 10.4. The molecule has 62 valence electrons. The highest BCUT2D eigenvalue weighted by Crippen LogP contribution is 2.10. The molecular formula is C7H12N2OS. The molecule has 0 atom stereocenters. The van der Waals surface area contributed by atoms with Gasteiger partial charge in [-0.3, -0.25) is 0 Å². The van der Waals surface area contributed by atoms with E-state index in [9.17, 15) is 0 Å². The number of nitrogens with two attached hydrogens (primary N) is 1. The quantitative estimate of drug-likeness (QED) is 0.693. The molecule has 0 bridgehead atoms. The molecule has 0 aliphatic heterocycles. The zero-order chi connectivity index (χ0) is 8.10. The first-order chi connectivity index (χ1) is 5.33. The Kier molecular flexibility index (Phi) is 3.45. The summed E-state index contributed by atoms with van der Waals surface area (Å²) >= 11 is 1.77. The maximum absolute atomic E-state index is 5.33. The second kappa shape index (κ2) is 4.41. The summed E-state index contributed by atoms with van der Waals surface area (Å²) in [6, 6.07) is 1.95. The Morgan fingerprint density at radius 1 is 1.73 bits per heavy atom. The van der Waals surface area contributed by atoms with Gasteiger partial charge in [0.2, 0.25) is 0 Å². The number of rotatable bonds is 4. The fraction of sp³-hybridized carbons (Fsp3) is 0.571. The van der Waals surface area contributed by atoms with Gasteiger partial charge >= 0.3 is 0 Å². The number of aromatic nitrogens is 1. The van der Waals surface area contributed by atoms with Crippen LogP contribution in [0.25, 0.3) is 0 Å². The smallest absolute Gasteiger partial charge is 0.133 e. The molecule has 0 fully saturated rings. The molecule has 1 rings (SSSR count). The molecule has 1 aromatic rings. The molecule has 0 aliphatic carbocycles. The molecule has 1 heterocycles. The fourth-order valence-corrected chi connectivity index (χ4v) is 1.40. The molecule has 0 spiro atoms.